The predicted molar refractivity (Wildman–Crippen MR) is 119 cm³/mol. The number of aliphatic hydroxyl groups is 2. The number of esters is 1. The minimum atomic E-state index is -2.48. The fourth-order valence-corrected chi connectivity index (χ4v) is 4.81. The molecule has 1 aromatic rings. The van der Waals surface area contributed by atoms with Crippen molar-refractivity contribution in [1.82, 2.24) is 0 Å². The summed E-state index contributed by atoms with van der Waals surface area (Å²) in [6.45, 7) is 4.47. The van der Waals surface area contributed by atoms with Crippen molar-refractivity contribution in [2.75, 3.05) is 24.6 Å². The van der Waals surface area contributed by atoms with E-state index in [1.807, 2.05) is 18.7 Å². The summed E-state index contributed by atoms with van der Waals surface area (Å²) in [5.74, 6) is -5.50. The third kappa shape index (κ3) is 3.59. The molecule has 3 rings (SSSR count). The van der Waals surface area contributed by atoms with Gasteiger partial charge in [0.15, 0.2) is 11.9 Å². The van der Waals surface area contributed by atoms with Gasteiger partial charge in [0.2, 0.25) is 11.9 Å². The summed E-state index contributed by atoms with van der Waals surface area (Å²) in [6.07, 6.45) is 0.264. The van der Waals surface area contributed by atoms with E-state index in [0.29, 0.717) is 18.8 Å². The summed E-state index contributed by atoms with van der Waals surface area (Å²) in [5.41, 5.74) is -4.19. The lowest BCUT2D eigenvalue weighted by atomic mass is 9.53. The fraction of sp³-hybridized carbons (Fsp3) is 0.417. The van der Waals surface area contributed by atoms with Crippen LogP contribution in [-0.2, 0) is 19.1 Å². The topological polar surface area (TPSA) is 162 Å². The van der Waals surface area contributed by atoms with E-state index in [4.69, 9.17) is 4.74 Å². The van der Waals surface area contributed by atoms with Crippen LogP contribution in [0.2, 0.25) is 0 Å². The Morgan fingerprint density at radius 1 is 1.12 bits per heavy atom. The summed E-state index contributed by atoms with van der Waals surface area (Å²) in [4.78, 5) is 53.2. The van der Waals surface area contributed by atoms with E-state index >= 15 is 0 Å². The Hall–Kier alpha value is -3.50. The van der Waals surface area contributed by atoms with Crippen molar-refractivity contribution in [3.05, 3.63) is 48.1 Å². The normalized spacial score (nSPS) is 28.1. The van der Waals surface area contributed by atoms with Gasteiger partial charge in [-0.05, 0) is 32.4 Å². The highest BCUT2D eigenvalue weighted by Gasteiger charge is 2.68. The van der Waals surface area contributed by atoms with Gasteiger partial charge in [0, 0.05) is 31.5 Å². The van der Waals surface area contributed by atoms with Crippen molar-refractivity contribution in [2.24, 2.45) is 10.8 Å². The average molecular weight is 473 g/mol. The molecule has 1 aliphatic carbocycles. The SMILES string of the molecule is CCN(CC)c1ccc(C(=O)[C@]2(CCO)C=CC=C[C@]2(C(=O)O)[C@H]2OC(=O)C(O)C2=O)c(O)c1. The Morgan fingerprint density at radius 2 is 1.76 bits per heavy atom. The molecule has 182 valence electrons. The monoisotopic (exact) mass is 473 g/mol. The highest BCUT2D eigenvalue weighted by molar-refractivity contribution is 6.14. The van der Waals surface area contributed by atoms with Crippen molar-refractivity contribution in [3.8, 4) is 5.75 Å². The van der Waals surface area contributed by atoms with Crippen LogP contribution in [0.15, 0.2) is 42.5 Å². The van der Waals surface area contributed by atoms with Gasteiger partial charge in [-0.1, -0.05) is 24.3 Å². The number of aliphatic carboxylic acids is 1. The smallest absolute Gasteiger partial charge is 0.343 e. The standard InChI is InChI=1S/C24H27NO9/c1-3-25(4-2)14-7-8-15(16(27)13-14)19(30)23(11-12-26)9-5-6-10-24(23,22(32)33)20-17(28)18(29)21(31)34-20/h5-10,13,18,20,26-27,29H,3-4,11-12H2,1-2H3,(H,32,33)/t18?,20-,23+,24+/m0/s1. The number of rotatable bonds is 9. The van der Waals surface area contributed by atoms with Crippen LogP contribution in [0.4, 0.5) is 5.69 Å². The molecule has 1 fully saturated rings. The van der Waals surface area contributed by atoms with Crippen LogP contribution in [0.25, 0.3) is 0 Å². The number of allylic oxidation sites excluding steroid dienone is 3. The Kier molecular flexibility index (Phi) is 6.94. The van der Waals surface area contributed by atoms with Crippen LogP contribution in [0.5, 0.6) is 5.75 Å². The lowest BCUT2D eigenvalue weighted by Crippen LogP contribution is -2.60. The zero-order chi connectivity index (χ0) is 25.3. The Balaban J connectivity index is 2.22. The first-order valence-electron chi connectivity index (χ1n) is 10.9. The molecule has 10 heteroatoms. The van der Waals surface area contributed by atoms with E-state index in [1.54, 1.807) is 6.07 Å². The molecule has 1 saturated heterocycles. The molecule has 0 amide bonds. The van der Waals surface area contributed by atoms with Gasteiger partial charge in [0.25, 0.3) is 0 Å². The molecule has 34 heavy (non-hydrogen) atoms. The van der Waals surface area contributed by atoms with Gasteiger partial charge in [0.05, 0.1) is 11.0 Å². The third-order valence-electron chi connectivity index (χ3n) is 6.61. The molecule has 0 aromatic heterocycles. The highest BCUT2D eigenvalue weighted by atomic mass is 16.6. The van der Waals surface area contributed by atoms with Crippen molar-refractivity contribution in [2.45, 2.75) is 32.5 Å². The molecule has 4 atom stereocenters. The summed E-state index contributed by atoms with van der Waals surface area (Å²) in [6, 6.07) is 4.32. The van der Waals surface area contributed by atoms with E-state index < -0.39 is 65.3 Å². The number of ketones is 2. The first kappa shape index (κ1) is 25.1. The van der Waals surface area contributed by atoms with Crippen LogP contribution in [0.1, 0.15) is 30.6 Å². The number of carboxylic acid groups (broad SMARTS) is 1. The number of anilines is 1. The maximum Gasteiger partial charge on any atom is 0.343 e. The van der Waals surface area contributed by atoms with Crippen LogP contribution >= 0.6 is 0 Å². The number of aliphatic hydroxyl groups excluding tert-OH is 2. The van der Waals surface area contributed by atoms with Gasteiger partial charge in [0.1, 0.15) is 11.2 Å². The maximum atomic E-state index is 14.0. The number of phenolic OH excluding ortho intramolecular Hbond substituents is 1. The summed E-state index contributed by atoms with van der Waals surface area (Å²) in [5, 5.41) is 40.8. The Labute approximate surface area is 195 Å². The Morgan fingerprint density at radius 3 is 2.26 bits per heavy atom. The molecule has 0 saturated carbocycles. The molecule has 1 aromatic carbocycles. The van der Waals surface area contributed by atoms with E-state index in [2.05, 4.69) is 0 Å². The van der Waals surface area contributed by atoms with Gasteiger partial charge in [-0.3, -0.25) is 14.4 Å². The van der Waals surface area contributed by atoms with E-state index in [-0.39, 0.29) is 5.56 Å². The van der Waals surface area contributed by atoms with Gasteiger partial charge < -0.3 is 30.1 Å². The zero-order valence-corrected chi connectivity index (χ0v) is 18.8. The minimum Gasteiger partial charge on any atom is -0.507 e. The second kappa shape index (κ2) is 9.40. The first-order chi connectivity index (χ1) is 16.1. The van der Waals surface area contributed by atoms with Crippen molar-refractivity contribution >= 4 is 29.2 Å². The Bertz CT molecular complexity index is 1070. The molecule has 0 spiro atoms. The van der Waals surface area contributed by atoms with Gasteiger partial charge in [-0.25, -0.2) is 4.79 Å². The number of Topliss-reactive ketones (excluding diaryl/α,β-unsaturated/α-hetero) is 2. The van der Waals surface area contributed by atoms with Gasteiger partial charge in [-0.2, -0.15) is 0 Å². The summed E-state index contributed by atoms with van der Waals surface area (Å²) < 4.78 is 4.98. The molecule has 10 nitrogen and oxygen atoms in total. The quantitative estimate of drug-likeness (QED) is 0.230. The highest BCUT2D eigenvalue weighted by Crippen LogP contribution is 2.54. The number of ether oxygens (including phenoxy) is 1. The van der Waals surface area contributed by atoms with Crippen LogP contribution < -0.4 is 4.90 Å². The van der Waals surface area contributed by atoms with Crippen LogP contribution in [0, 0.1) is 10.8 Å². The van der Waals surface area contributed by atoms with E-state index in [9.17, 15) is 39.6 Å². The van der Waals surface area contributed by atoms with E-state index in [1.165, 1.54) is 30.4 Å². The zero-order valence-electron chi connectivity index (χ0n) is 18.8. The lowest BCUT2D eigenvalue weighted by molar-refractivity contribution is -0.168. The van der Waals surface area contributed by atoms with E-state index in [0.717, 1.165) is 6.08 Å². The number of nitrogens with zero attached hydrogens (tertiary/aromatic N) is 1. The molecular formula is C24H27NO9. The van der Waals surface area contributed by atoms with Crippen molar-refractivity contribution in [1.29, 1.82) is 0 Å². The third-order valence-corrected chi connectivity index (χ3v) is 6.61. The second-order valence-electron chi connectivity index (χ2n) is 8.16. The maximum absolute atomic E-state index is 14.0. The number of carbonyl (C=O) groups excluding carboxylic acids is 3. The molecule has 1 aliphatic heterocycles. The van der Waals surface area contributed by atoms with Crippen molar-refractivity contribution < 1.29 is 44.3 Å². The van der Waals surface area contributed by atoms with Gasteiger partial charge >= 0.3 is 11.9 Å². The summed E-state index contributed by atoms with van der Waals surface area (Å²) >= 11 is 0. The van der Waals surface area contributed by atoms with Crippen LogP contribution in [0.3, 0.4) is 0 Å². The fourth-order valence-electron chi connectivity index (χ4n) is 4.81. The largest absolute Gasteiger partial charge is 0.507 e. The second-order valence-corrected chi connectivity index (χ2v) is 8.16. The number of phenols is 1. The molecular weight excluding hydrogens is 446 g/mol. The lowest BCUT2D eigenvalue weighted by Gasteiger charge is -2.46. The van der Waals surface area contributed by atoms with Crippen molar-refractivity contribution in [3.63, 3.8) is 0 Å². The number of aromatic hydroxyl groups is 1. The first-order valence-corrected chi connectivity index (χ1v) is 10.9. The molecule has 4 N–H and O–H groups in total. The number of benzene rings is 1. The van der Waals surface area contributed by atoms with Gasteiger partial charge in [-0.15, -0.1) is 0 Å². The molecule has 2 aliphatic rings. The number of cyclic esters (lactones) is 1. The molecule has 1 heterocycles. The minimum absolute atomic E-state index is 0.229. The average Bonchev–Trinajstić information content (AvgIpc) is 3.07. The number of carboxylic acids is 1. The number of carbonyl (C=O) groups is 4. The summed E-state index contributed by atoms with van der Waals surface area (Å²) in [7, 11) is 0. The molecule has 0 bridgehead atoms. The number of hydrogen-bond acceptors (Lipinski definition) is 9. The predicted octanol–water partition coefficient (Wildman–Crippen LogP) is 0.842. The molecule has 1 unspecified atom stereocenters. The van der Waals surface area contributed by atoms with Crippen LogP contribution in [-0.4, -0.2) is 75.8 Å². The number of hydrogen-bond donors (Lipinski definition) is 4. The molecule has 0 radical (unpaired) electrons.